The van der Waals surface area contributed by atoms with Crippen molar-refractivity contribution < 1.29 is 14.3 Å². The molecule has 1 atom stereocenters. The zero-order valence-electron chi connectivity index (χ0n) is 15.6. The van der Waals surface area contributed by atoms with E-state index in [1.54, 1.807) is 50.3 Å². The first kappa shape index (κ1) is 19.4. The zero-order chi connectivity index (χ0) is 19.3. The van der Waals surface area contributed by atoms with Gasteiger partial charge in [-0.3, -0.25) is 4.79 Å². The fourth-order valence-electron chi connectivity index (χ4n) is 2.13. The van der Waals surface area contributed by atoms with Crippen molar-refractivity contribution in [2.24, 2.45) is 5.92 Å². The molecule has 2 heterocycles. The molecule has 9 nitrogen and oxygen atoms in total. The van der Waals surface area contributed by atoms with Gasteiger partial charge >= 0.3 is 6.09 Å². The van der Waals surface area contributed by atoms with Crippen LogP contribution in [0.5, 0.6) is 0 Å². The van der Waals surface area contributed by atoms with E-state index in [-0.39, 0.29) is 11.8 Å². The quantitative estimate of drug-likeness (QED) is 0.845. The SMILES string of the molecule is CC(C)[C@H](NC(=O)OC(C)(C)C)C(=O)Nc1cn(-c2cncnc2)cn1. The second-order valence-electron chi connectivity index (χ2n) is 7.12. The molecule has 2 aromatic heterocycles. The molecule has 0 unspecified atom stereocenters. The Labute approximate surface area is 152 Å². The molecule has 0 fully saturated rings. The van der Waals surface area contributed by atoms with Gasteiger partial charge in [-0.15, -0.1) is 0 Å². The van der Waals surface area contributed by atoms with Gasteiger partial charge in [0, 0.05) is 0 Å². The first-order valence-corrected chi connectivity index (χ1v) is 8.25. The summed E-state index contributed by atoms with van der Waals surface area (Å²) in [5, 5.41) is 5.30. The van der Waals surface area contributed by atoms with Gasteiger partial charge in [0.15, 0.2) is 5.82 Å². The largest absolute Gasteiger partial charge is 0.444 e. The lowest BCUT2D eigenvalue weighted by Crippen LogP contribution is -2.48. The van der Waals surface area contributed by atoms with Crippen LogP contribution in [0.4, 0.5) is 10.6 Å². The van der Waals surface area contributed by atoms with Crippen LogP contribution in [0.15, 0.2) is 31.2 Å². The molecule has 2 rings (SSSR count). The highest BCUT2D eigenvalue weighted by Gasteiger charge is 2.27. The van der Waals surface area contributed by atoms with Crippen LogP contribution in [0.1, 0.15) is 34.6 Å². The highest BCUT2D eigenvalue weighted by molar-refractivity contribution is 5.96. The van der Waals surface area contributed by atoms with Crippen LogP contribution >= 0.6 is 0 Å². The number of anilines is 1. The number of amides is 2. The van der Waals surface area contributed by atoms with Crippen molar-refractivity contribution in [2.45, 2.75) is 46.3 Å². The van der Waals surface area contributed by atoms with Crippen molar-refractivity contribution in [2.75, 3.05) is 5.32 Å². The van der Waals surface area contributed by atoms with Crippen molar-refractivity contribution in [3.8, 4) is 5.69 Å². The molecule has 0 aliphatic carbocycles. The summed E-state index contributed by atoms with van der Waals surface area (Å²) < 4.78 is 6.90. The zero-order valence-corrected chi connectivity index (χ0v) is 15.6. The summed E-state index contributed by atoms with van der Waals surface area (Å²) in [6.07, 6.45) is 7.22. The first-order valence-electron chi connectivity index (χ1n) is 8.25. The summed E-state index contributed by atoms with van der Waals surface area (Å²) >= 11 is 0. The van der Waals surface area contributed by atoms with E-state index in [0.29, 0.717) is 11.5 Å². The molecule has 2 amide bonds. The van der Waals surface area contributed by atoms with E-state index in [0.717, 1.165) is 0 Å². The first-order chi connectivity index (χ1) is 12.2. The fraction of sp³-hybridized carbons (Fsp3) is 0.471. The van der Waals surface area contributed by atoms with Crippen LogP contribution in [-0.2, 0) is 9.53 Å². The summed E-state index contributed by atoms with van der Waals surface area (Å²) in [6.45, 7) is 8.95. The van der Waals surface area contributed by atoms with E-state index in [2.05, 4.69) is 25.6 Å². The minimum absolute atomic E-state index is 0.132. The predicted octanol–water partition coefficient (Wildman–Crippen LogP) is 2.15. The maximum absolute atomic E-state index is 12.5. The predicted molar refractivity (Wildman–Crippen MR) is 95.8 cm³/mol. The van der Waals surface area contributed by atoms with Crippen LogP contribution in [0, 0.1) is 5.92 Å². The maximum atomic E-state index is 12.5. The van der Waals surface area contributed by atoms with Gasteiger partial charge in [-0.25, -0.2) is 19.7 Å². The number of aromatic nitrogens is 4. The Morgan fingerprint density at radius 1 is 1.19 bits per heavy atom. The monoisotopic (exact) mass is 360 g/mol. The molecule has 140 valence electrons. The van der Waals surface area contributed by atoms with Crippen LogP contribution in [-0.4, -0.2) is 43.2 Å². The van der Waals surface area contributed by atoms with Crippen LogP contribution < -0.4 is 10.6 Å². The molecule has 0 aliphatic rings. The summed E-state index contributed by atoms with van der Waals surface area (Å²) in [5.74, 6) is -0.150. The highest BCUT2D eigenvalue weighted by atomic mass is 16.6. The molecule has 0 saturated heterocycles. The Morgan fingerprint density at radius 2 is 1.85 bits per heavy atom. The molecule has 9 heteroatoms. The minimum Gasteiger partial charge on any atom is -0.444 e. The fourth-order valence-corrected chi connectivity index (χ4v) is 2.13. The van der Waals surface area contributed by atoms with Gasteiger partial charge in [0.05, 0.1) is 24.3 Å². The van der Waals surface area contributed by atoms with E-state index >= 15 is 0 Å². The number of imidazole rings is 1. The number of carbonyl (C=O) groups excluding carboxylic acids is 2. The van der Waals surface area contributed by atoms with E-state index in [1.807, 2.05) is 13.8 Å². The second-order valence-corrected chi connectivity index (χ2v) is 7.12. The average Bonchev–Trinajstić information content (AvgIpc) is 3.00. The molecule has 0 bridgehead atoms. The average molecular weight is 360 g/mol. The third-order valence-corrected chi connectivity index (χ3v) is 3.30. The van der Waals surface area contributed by atoms with Crippen molar-refractivity contribution in [1.29, 1.82) is 0 Å². The summed E-state index contributed by atoms with van der Waals surface area (Å²) in [6, 6.07) is -0.755. The molecule has 26 heavy (non-hydrogen) atoms. The van der Waals surface area contributed by atoms with Gasteiger partial charge in [0.1, 0.15) is 24.3 Å². The lowest BCUT2D eigenvalue weighted by atomic mass is 10.0. The molecular weight excluding hydrogens is 336 g/mol. The number of carbonyl (C=O) groups is 2. The Balaban J connectivity index is 2.04. The lowest BCUT2D eigenvalue weighted by molar-refractivity contribution is -0.119. The number of alkyl carbamates (subject to hydrolysis) is 1. The van der Waals surface area contributed by atoms with E-state index in [9.17, 15) is 9.59 Å². The number of hydrogen-bond acceptors (Lipinski definition) is 6. The van der Waals surface area contributed by atoms with Crippen LogP contribution in [0.2, 0.25) is 0 Å². The Hall–Kier alpha value is -2.97. The van der Waals surface area contributed by atoms with Crippen LogP contribution in [0.3, 0.4) is 0 Å². The molecule has 2 aromatic rings. The number of nitrogens with zero attached hydrogens (tertiary/aromatic N) is 4. The maximum Gasteiger partial charge on any atom is 0.408 e. The minimum atomic E-state index is -0.755. The number of rotatable bonds is 5. The van der Waals surface area contributed by atoms with Gasteiger partial charge in [-0.2, -0.15) is 0 Å². The topological polar surface area (TPSA) is 111 Å². The van der Waals surface area contributed by atoms with E-state index in [1.165, 1.54) is 6.33 Å². The molecule has 0 aromatic carbocycles. The third kappa shape index (κ3) is 5.54. The molecule has 0 saturated carbocycles. The van der Waals surface area contributed by atoms with Crippen LogP contribution in [0.25, 0.3) is 5.69 Å². The number of ether oxygens (including phenoxy) is 1. The summed E-state index contributed by atoms with van der Waals surface area (Å²) in [7, 11) is 0. The van der Waals surface area contributed by atoms with Crippen molar-refractivity contribution in [3.63, 3.8) is 0 Å². The standard InChI is InChI=1S/C17H24N6O3/c1-11(2)14(22-16(25)26-17(3,4)5)15(24)21-13-8-23(10-20-13)12-6-18-9-19-7-12/h6-11,14H,1-5H3,(H,21,24)(H,22,25)/t14-/m0/s1. The van der Waals surface area contributed by atoms with Gasteiger partial charge < -0.3 is 19.9 Å². The van der Waals surface area contributed by atoms with Gasteiger partial charge in [0.25, 0.3) is 0 Å². The van der Waals surface area contributed by atoms with Gasteiger partial charge in [0.2, 0.25) is 5.91 Å². The van der Waals surface area contributed by atoms with E-state index in [4.69, 9.17) is 4.74 Å². The second kappa shape index (κ2) is 7.94. The van der Waals surface area contributed by atoms with Crippen molar-refractivity contribution in [3.05, 3.63) is 31.2 Å². The molecule has 2 N–H and O–H groups in total. The Kier molecular flexibility index (Phi) is 5.91. The highest BCUT2D eigenvalue weighted by Crippen LogP contribution is 2.12. The lowest BCUT2D eigenvalue weighted by Gasteiger charge is -2.24. The molecule has 0 spiro atoms. The van der Waals surface area contributed by atoms with Gasteiger partial charge in [-0.05, 0) is 26.7 Å². The Morgan fingerprint density at radius 3 is 2.42 bits per heavy atom. The number of nitrogens with one attached hydrogen (secondary N) is 2. The molecule has 0 aliphatic heterocycles. The van der Waals surface area contributed by atoms with Crippen molar-refractivity contribution in [1.82, 2.24) is 24.8 Å². The smallest absolute Gasteiger partial charge is 0.408 e. The van der Waals surface area contributed by atoms with Gasteiger partial charge in [-0.1, -0.05) is 13.8 Å². The summed E-state index contributed by atoms with van der Waals surface area (Å²) in [5.41, 5.74) is 0.0753. The third-order valence-electron chi connectivity index (χ3n) is 3.30. The Bertz CT molecular complexity index is 751. The summed E-state index contributed by atoms with van der Waals surface area (Å²) in [4.78, 5) is 36.5. The molecular formula is C17H24N6O3. The normalized spacial score (nSPS) is 12.5. The van der Waals surface area contributed by atoms with E-state index < -0.39 is 17.7 Å². The van der Waals surface area contributed by atoms with Crippen molar-refractivity contribution >= 4 is 17.8 Å². The number of hydrogen-bond donors (Lipinski definition) is 2. The molecule has 0 radical (unpaired) electrons.